The summed E-state index contributed by atoms with van der Waals surface area (Å²) in [6.45, 7) is 8.29. The molecule has 0 aromatic rings. The number of methoxy groups -OCH3 is 1. The van der Waals surface area contributed by atoms with Gasteiger partial charge in [0.25, 0.3) is 0 Å². The molecule has 0 aliphatic heterocycles. The first-order chi connectivity index (χ1) is 9.99. The maximum atomic E-state index is 12.2. The van der Waals surface area contributed by atoms with E-state index in [4.69, 9.17) is 4.74 Å². The normalized spacial score (nSPS) is 25.8. The number of carbonyl (C=O) groups is 1. The molecule has 5 nitrogen and oxygen atoms in total. The molecule has 21 heavy (non-hydrogen) atoms. The lowest BCUT2D eigenvalue weighted by atomic mass is 9.97. The molecule has 1 aliphatic rings. The maximum Gasteiger partial charge on any atom is 0.326 e. The van der Waals surface area contributed by atoms with Crippen LogP contribution in [0.25, 0.3) is 0 Å². The lowest BCUT2D eigenvalue weighted by molar-refractivity contribution is -0.148. The average molecular weight is 299 g/mol. The second-order valence-electron chi connectivity index (χ2n) is 6.34. The zero-order valence-corrected chi connectivity index (χ0v) is 14.4. The summed E-state index contributed by atoms with van der Waals surface area (Å²) >= 11 is 0. The van der Waals surface area contributed by atoms with Gasteiger partial charge in [-0.2, -0.15) is 0 Å². The van der Waals surface area contributed by atoms with Crippen LogP contribution in [0.2, 0.25) is 0 Å². The van der Waals surface area contributed by atoms with Crippen molar-refractivity contribution in [1.82, 2.24) is 15.1 Å². The molecular weight excluding hydrogens is 266 g/mol. The zero-order chi connectivity index (χ0) is 15.9. The van der Waals surface area contributed by atoms with E-state index in [9.17, 15) is 4.79 Å². The van der Waals surface area contributed by atoms with Gasteiger partial charge in [-0.15, -0.1) is 0 Å². The van der Waals surface area contributed by atoms with Gasteiger partial charge in [0.05, 0.1) is 7.11 Å². The van der Waals surface area contributed by atoms with Crippen LogP contribution in [-0.2, 0) is 9.53 Å². The highest BCUT2D eigenvalue weighted by Gasteiger charge is 2.46. The molecule has 0 saturated heterocycles. The van der Waals surface area contributed by atoms with Crippen LogP contribution in [0, 0.1) is 0 Å². The molecular formula is C16H33N3O2. The zero-order valence-electron chi connectivity index (χ0n) is 14.4. The van der Waals surface area contributed by atoms with E-state index in [-0.39, 0.29) is 5.97 Å². The van der Waals surface area contributed by atoms with Crippen molar-refractivity contribution in [2.75, 3.05) is 47.4 Å². The molecule has 1 rings (SSSR count). The highest BCUT2D eigenvalue weighted by atomic mass is 16.5. The predicted octanol–water partition coefficient (Wildman–Crippen LogP) is 1.33. The molecule has 1 fully saturated rings. The largest absolute Gasteiger partial charge is 0.468 e. The Balaban J connectivity index is 2.72. The van der Waals surface area contributed by atoms with E-state index in [0.29, 0.717) is 6.04 Å². The number of rotatable bonds is 9. The Kier molecular flexibility index (Phi) is 7.63. The van der Waals surface area contributed by atoms with E-state index in [1.807, 2.05) is 6.92 Å². The fourth-order valence-corrected chi connectivity index (χ4v) is 3.38. The number of esters is 1. The average Bonchev–Trinajstić information content (AvgIpc) is 2.88. The van der Waals surface area contributed by atoms with Gasteiger partial charge in [0.1, 0.15) is 5.54 Å². The Bertz CT molecular complexity index is 323. The van der Waals surface area contributed by atoms with E-state index < -0.39 is 5.54 Å². The molecule has 0 aromatic carbocycles. The Morgan fingerprint density at radius 3 is 2.52 bits per heavy atom. The molecule has 124 valence electrons. The number of hydrogen-bond donors (Lipinski definition) is 1. The summed E-state index contributed by atoms with van der Waals surface area (Å²) in [6, 6.07) is 0.475. The first-order valence-corrected chi connectivity index (χ1v) is 8.21. The molecule has 0 aromatic heterocycles. The fourth-order valence-electron chi connectivity index (χ4n) is 3.38. The van der Waals surface area contributed by atoms with Crippen molar-refractivity contribution >= 4 is 5.97 Å². The summed E-state index contributed by atoms with van der Waals surface area (Å²) in [6.07, 6.45) is 3.95. The van der Waals surface area contributed by atoms with Crippen LogP contribution in [0.4, 0.5) is 0 Å². The summed E-state index contributed by atoms with van der Waals surface area (Å²) in [5.41, 5.74) is -0.474. The van der Waals surface area contributed by atoms with Crippen molar-refractivity contribution < 1.29 is 9.53 Å². The van der Waals surface area contributed by atoms with Crippen molar-refractivity contribution in [1.29, 1.82) is 0 Å². The SMILES string of the molecule is CCCN(CCN(C)C)C1CCC(NCC)(C(=O)OC)C1. The third-order valence-corrected chi connectivity index (χ3v) is 4.44. The third-order valence-electron chi connectivity index (χ3n) is 4.44. The van der Waals surface area contributed by atoms with Gasteiger partial charge in [0.15, 0.2) is 0 Å². The van der Waals surface area contributed by atoms with E-state index in [1.54, 1.807) is 0 Å². The summed E-state index contributed by atoms with van der Waals surface area (Å²) in [5.74, 6) is -0.101. The Morgan fingerprint density at radius 2 is 2.00 bits per heavy atom. The minimum atomic E-state index is -0.474. The first-order valence-electron chi connectivity index (χ1n) is 8.21. The molecule has 2 unspecified atom stereocenters. The van der Waals surface area contributed by atoms with Gasteiger partial charge in [-0.25, -0.2) is 0 Å². The van der Waals surface area contributed by atoms with E-state index in [2.05, 4.69) is 36.1 Å². The van der Waals surface area contributed by atoms with Crippen molar-refractivity contribution in [3.8, 4) is 0 Å². The maximum absolute atomic E-state index is 12.2. The summed E-state index contributed by atoms with van der Waals surface area (Å²) in [5, 5.41) is 3.39. The molecule has 2 atom stereocenters. The number of nitrogens with one attached hydrogen (secondary N) is 1. The lowest BCUT2D eigenvalue weighted by Gasteiger charge is -2.32. The van der Waals surface area contributed by atoms with Crippen molar-refractivity contribution in [3.05, 3.63) is 0 Å². The topological polar surface area (TPSA) is 44.8 Å². The molecule has 5 heteroatoms. The van der Waals surface area contributed by atoms with Gasteiger partial charge in [0, 0.05) is 19.1 Å². The molecule has 1 N–H and O–H groups in total. The fraction of sp³-hybridized carbons (Fsp3) is 0.938. The molecule has 0 heterocycles. The van der Waals surface area contributed by atoms with Gasteiger partial charge >= 0.3 is 5.97 Å². The number of likely N-dealkylation sites (N-methyl/N-ethyl adjacent to an activating group) is 2. The molecule has 1 saturated carbocycles. The number of nitrogens with zero attached hydrogens (tertiary/aromatic N) is 2. The molecule has 0 radical (unpaired) electrons. The first kappa shape index (κ1) is 18.4. The molecule has 0 spiro atoms. The Labute approximate surface area is 130 Å². The Morgan fingerprint density at radius 1 is 1.29 bits per heavy atom. The smallest absolute Gasteiger partial charge is 0.326 e. The summed E-state index contributed by atoms with van der Waals surface area (Å²) < 4.78 is 5.05. The van der Waals surface area contributed by atoms with Crippen molar-refractivity contribution in [2.24, 2.45) is 0 Å². The highest BCUT2D eigenvalue weighted by molar-refractivity contribution is 5.81. The Hall–Kier alpha value is -0.650. The minimum Gasteiger partial charge on any atom is -0.468 e. The van der Waals surface area contributed by atoms with Gasteiger partial charge in [0.2, 0.25) is 0 Å². The number of ether oxygens (including phenoxy) is 1. The second-order valence-corrected chi connectivity index (χ2v) is 6.34. The van der Waals surface area contributed by atoms with E-state index in [0.717, 1.165) is 51.9 Å². The van der Waals surface area contributed by atoms with Crippen LogP contribution in [0.15, 0.2) is 0 Å². The van der Waals surface area contributed by atoms with Crippen LogP contribution in [0.1, 0.15) is 39.5 Å². The molecule has 1 aliphatic carbocycles. The molecule has 0 bridgehead atoms. The van der Waals surface area contributed by atoms with Gasteiger partial charge < -0.3 is 15.0 Å². The van der Waals surface area contributed by atoms with Crippen molar-refractivity contribution in [3.63, 3.8) is 0 Å². The minimum absolute atomic E-state index is 0.101. The monoisotopic (exact) mass is 299 g/mol. The van der Waals surface area contributed by atoms with Crippen LogP contribution in [0.3, 0.4) is 0 Å². The van der Waals surface area contributed by atoms with Crippen LogP contribution in [-0.4, -0.2) is 74.7 Å². The number of carbonyl (C=O) groups excluding carboxylic acids is 1. The third kappa shape index (κ3) is 4.94. The van der Waals surface area contributed by atoms with Gasteiger partial charge in [-0.3, -0.25) is 9.69 Å². The van der Waals surface area contributed by atoms with E-state index in [1.165, 1.54) is 7.11 Å². The highest BCUT2D eigenvalue weighted by Crippen LogP contribution is 2.34. The number of hydrogen-bond acceptors (Lipinski definition) is 5. The predicted molar refractivity (Wildman–Crippen MR) is 86.5 cm³/mol. The second kappa shape index (κ2) is 8.71. The standard InChI is InChI=1S/C16H33N3O2/c1-6-10-19(12-11-18(3)4)14-8-9-16(13-14,17-7-2)15(20)21-5/h14,17H,6-13H2,1-5H3. The summed E-state index contributed by atoms with van der Waals surface area (Å²) in [4.78, 5) is 17.0. The van der Waals surface area contributed by atoms with Gasteiger partial charge in [-0.1, -0.05) is 13.8 Å². The van der Waals surface area contributed by atoms with Crippen molar-refractivity contribution in [2.45, 2.75) is 51.1 Å². The van der Waals surface area contributed by atoms with Crippen LogP contribution >= 0.6 is 0 Å². The van der Waals surface area contributed by atoms with E-state index >= 15 is 0 Å². The van der Waals surface area contributed by atoms with Crippen LogP contribution in [0.5, 0.6) is 0 Å². The lowest BCUT2D eigenvalue weighted by Crippen LogP contribution is -2.52. The quantitative estimate of drug-likeness (QED) is 0.651. The summed E-state index contributed by atoms with van der Waals surface area (Å²) in [7, 11) is 5.71. The van der Waals surface area contributed by atoms with Crippen LogP contribution < -0.4 is 5.32 Å². The molecule has 0 amide bonds. The van der Waals surface area contributed by atoms with Gasteiger partial charge in [-0.05, 0) is 52.9 Å².